The maximum absolute atomic E-state index is 6.06. The minimum atomic E-state index is 0.372. The molecule has 2 unspecified atom stereocenters. The highest BCUT2D eigenvalue weighted by atomic mass is 15.2. The predicted molar refractivity (Wildman–Crippen MR) is 85.5 cm³/mol. The standard InChI is InChI=1S/C16H25N5/c1-11(2)14-9-15-16(18-6-7-21(15)20-14)19-10-12-4-3-5-13(17)8-12/h6-7,9,11-13H,3-5,8,10,17H2,1-2H3,(H,18,19). The summed E-state index contributed by atoms with van der Waals surface area (Å²) in [6.45, 7) is 5.26. The van der Waals surface area contributed by atoms with Gasteiger partial charge in [0, 0.05) is 25.0 Å². The zero-order valence-corrected chi connectivity index (χ0v) is 12.9. The van der Waals surface area contributed by atoms with Crippen LogP contribution in [0.2, 0.25) is 0 Å². The molecule has 2 atom stereocenters. The number of hydrogen-bond donors (Lipinski definition) is 2. The number of anilines is 1. The highest BCUT2D eigenvalue weighted by molar-refractivity contribution is 5.67. The van der Waals surface area contributed by atoms with Gasteiger partial charge in [-0.2, -0.15) is 5.10 Å². The topological polar surface area (TPSA) is 68.2 Å². The predicted octanol–water partition coefficient (Wildman–Crippen LogP) is 2.78. The van der Waals surface area contributed by atoms with E-state index in [0.717, 1.165) is 30.0 Å². The number of nitrogens with one attached hydrogen (secondary N) is 1. The maximum atomic E-state index is 6.06. The molecule has 1 fully saturated rings. The Labute approximate surface area is 125 Å². The molecule has 2 aromatic rings. The van der Waals surface area contributed by atoms with Crippen LogP contribution in [0.3, 0.4) is 0 Å². The number of nitrogens with two attached hydrogens (primary N) is 1. The van der Waals surface area contributed by atoms with E-state index in [9.17, 15) is 0 Å². The molecule has 1 saturated carbocycles. The average molecular weight is 287 g/mol. The lowest BCUT2D eigenvalue weighted by atomic mass is 9.86. The van der Waals surface area contributed by atoms with Crippen LogP contribution in [0.5, 0.6) is 0 Å². The molecule has 0 aromatic carbocycles. The van der Waals surface area contributed by atoms with E-state index in [4.69, 9.17) is 5.73 Å². The lowest BCUT2D eigenvalue weighted by molar-refractivity contribution is 0.335. The van der Waals surface area contributed by atoms with Crippen molar-refractivity contribution >= 4 is 11.3 Å². The van der Waals surface area contributed by atoms with Crippen molar-refractivity contribution < 1.29 is 0 Å². The summed E-state index contributed by atoms with van der Waals surface area (Å²) >= 11 is 0. The van der Waals surface area contributed by atoms with Crippen LogP contribution in [-0.2, 0) is 0 Å². The number of rotatable bonds is 4. The zero-order valence-electron chi connectivity index (χ0n) is 12.9. The van der Waals surface area contributed by atoms with E-state index in [0.29, 0.717) is 17.9 Å². The number of nitrogens with zero attached hydrogens (tertiary/aromatic N) is 3. The quantitative estimate of drug-likeness (QED) is 0.907. The summed E-state index contributed by atoms with van der Waals surface area (Å²) in [7, 11) is 0. The molecule has 5 nitrogen and oxygen atoms in total. The Bertz CT molecular complexity index is 604. The highest BCUT2D eigenvalue weighted by Crippen LogP contribution is 2.25. The lowest BCUT2D eigenvalue weighted by Crippen LogP contribution is -2.31. The smallest absolute Gasteiger partial charge is 0.152 e. The van der Waals surface area contributed by atoms with Crippen LogP contribution in [0.1, 0.15) is 51.1 Å². The van der Waals surface area contributed by atoms with Crippen molar-refractivity contribution in [3.63, 3.8) is 0 Å². The fourth-order valence-electron chi connectivity index (χ4n) is 3.12. The van der Waals surface area contributed by atoms with Crippen molar-refractivity contribution in [1.29, 1.82) is 0 Å². The van der Waals surface area contributed by atoms with Crippen LogP contribution in [0.15, 0.2) is 18.5 Å². The van der Waals surface area contributed by atoms with Gasteiger partial charge in [0.2, 0.25) is 0 Å². The van der Waals surface area contributed by atoms with Crippen molar-refractivity contribution in [2.24, 2.45) is 11.7 Å². The zero-order chi connectivity index (χ0) is 14.8. The SMILES string of the molecule is CC(C)c1cc2c(NCC3CCCC(N)C3)nccn2n1. The van der Waals surface area contributed by atoms with Crippen molar-refractivity contribution in [2.45, 2.75) is 51.5 Å². The fourth-order valence-corrected chi connectivity index (χ4v) is 3.12. The van der Waals surface area contributed by atoms with Crippen LogP contribution in [0, 0.1) is 5.92 Å². The average Bonchev–Trinajstić information content (AvgIpc) is 2.90. The molecule has 0 aliphatic heterocycles. The third-order valence-corrected chi connectivity index (χ3v) is 4.38. The van der Waals surface area contributed by atoms with E-state index in [-0.39, 0.29) is 0 Å². The molecule has 0 amide bonds. The second kappa shape index (κ2) is 6.02. The van der Waals surface area contributed by atoms with E-state index in [1.807, 2.05) is 10.7 Å². The molecule has 1 aliphatic carbocycles. The largest absolute Gasteiger partial charge is 0.368 e. The van der Waals surface area contributed by atoms with Gasteiger partial charge in [-0.05, 0) is 37.2 Å². The second-order valence-corrected chi connectivity index (χ2v) is 6.50. The van der Waals surface area contributed by atoms with Crippen LogP contribution in [-0.4, -0.2) is 27.2 Å². The van der Waals surface area contributed by atoms with Crippen LogP contribution in [0.4, 0.5) is 5.82 Å². The van der Waals surface area contributed by atoms with Gasteiger partial charge < -0.3 is 11.1 Å². The summed E-state index contributed by atoms with van der Waals surface area (Å²) in [4.78, 5) is 4.48. The second-order valence-electron chi connectivity index (χ2n) is 6.50. The summed E-state index contributed by atoms with van der Waals surface area (Å²) < 4.78 is 1.91. The van der Waals surface area contributed by atoms with Gasteiger partial charge in [0.1, 0.15) is 5.52 Å². The first-order valence-corrected chi connectivity index (χ1v) is 7.97. The van der Waals surface area contributed by atoms with Gasteiger partial charge in [0.05, 0.1) is 5.69 Å². The van der Waals surface area contributed by atoms with Crippen molar-refractivity contribution in [2.75, 3.05) is 11.9 Å². The summed E-state index contributed by atoms with van der Waals surface area (Å²) in [6, 6.07) is 2.50. The molecule has 0 radical (unpaired) electrons. The number of hydrogen-bond acceptors (Lipinski definition) is 4. The molecule has 21 heavy (non-hydrogen) atoms. The Morgan fingerprint density at radius 3 is 3.05 bits per heavy atom. The Hall–Kier alpha value is -1.62. The maximum Gasteiger partial charge on any atom is 0.152 e. The van der Waals surface area contributed by atoms with Gasteiger partial charge in [0.15, 0.2) is 5.82 Å². The van der Waals surface area contributed by atoms with Crippen molar-refractivity contribution in [3.8, 4) is 0 Å². The third kappa shape index (κ3) is 3.18. The third-order valence-electron chi connectivity index (χ3n) is 4.38. The summed E-state index contributed by atoms with van der Waals surface area (Å²) in [6.07, 6.45) is 8.51. The molecule has 2 aromatic heterocycles. The molecule has 114 valence electrons. The summed E-state index contributed by atoms with van der Waals surface area (Å²) in [5, 5.41) is 8.10. The molecule has 5 heteroatoms. The lowest BCUT2D eigenvalue weighted by Gasteiger charge is -2.26. The molecule has 0 spiro atoms. The van der Waals surface area contributed by atoms with Gasteiger partial charge in [0.25, 0.3) is 0 Å². The number of fused-ring (bicyclic) bond motifs is 1. The first-order chi connectivity index (χ1) is 10.1. The van der Waals surface area contributed by atoms with Crippen LogP contribution >= 0.6 is 0 Å². The van der Waals surface area contributed by atoms with Crippen molar-refractivity contribution in [3.05, 3.63) is 24.2 Å². The monoisotopic (exact) mass is 287 g/mol. The first-order valence-electron chi connectivity index (χ1n) is 7.97. The molecular weight excluding hydrogens is 262 g/mol. The van der Waals surface area contributed by atoms with Gasteiger partial charge in [-0.15, -0.1) is 0 Å². The molecule has 1 aliphatic rings. The van der Waals surface area contributed by atoms with Crippen LogP contribution in [0.25, 0.3) is 5.52 Å². The fraction of sp³-hybridized carbons (Fsp3) is 0.625. The Balaban J connectivity index is 1.74. The van der Waals surface area contributed by atoms with E-state index in [2.05, 4.69) is 35.3 Å². The summed E-state index contributed by atoms with van der Waals surface area (Å²) in [5.74, 6) is 2.01. The molecular formula is C16H25N5. The Morgan fingerprint density at radius 2 is 2.29 bits per heavy atom. The normalized spacial score (nSPS) is 22.9. The van der Waals surface area contributed by atoms with E-state index >= 15 is 0 Å². The van der Waals surface area contributed by atoms with Gasteiger partial charge >= 0.3 is 0 Å². The van der Waals surface area contributed by atoms with E-state index in [1.165, 1.54) is 19.3 Å². The molecule has 2 heterocycles. The van der Waals surface area contributed by atoms with Crippen LogP contribution < -0.4 is 11.1 Å². The Kier molecular flexibility index (Phi) is 4.10. The minimum Gasteiger partial charge on any atom is -0.368 e. The highest BCUT2D eigenvalue weighted by Gasteiger charge is 2.19. The van der Waals surface area contributed by atoms with Gasteiger partial charge in [-0.1, -0.05) is 20.3 Å². The minimum absolute atomic E-state index is 0.372. The molecule has 0 bridgehead atoms. The molecule has 3 N–H and O–H groups in total. The molecule has 0 saturated heterocycles. The van der Waals surface area contributed by atoms with E-state index < -0.39 is 0 Å². The van der Waals surface area contributed by atoms with Gasteiger partial charge in [-0.3, -0.25) is 0 Å². The first kappa shape index (κ1) is 14.3. The molecule has 3 rings (SSSR count). The summed E-state index contributed by atoms with van der Waals surface area (Å²) in [5.41, 5.74) is 8.22. The van der Waals surface area contributed by atoms with Gasteiger partial charge in [-0.25, -0.2) is 9.50 Å². The van der Waals surface area contributed by atoms with E-state index in [1.54, 1.807) is 6.20 Å². The van der Waals surface area contributed by atoms with Crippen molar-refractivity contribution in [1.82, 2.24) is 14.6 Å². The Morgan fingerprint density at radius 1 is 1.43 bits per heavy atom. The number of aromatic nitrogens is 3.